The van der Waals surface area contributed by atoms with Gasteiger partial charge in [-0.15, -0.1) is 0 Å². The summed E-state index contributed by atoms with van der Waals surface area (Å²) in [6.07, 6.45) is 0. The molecule has 0 saturated carbocycles. The summed E-state index contributed by atoms with van der Waals surface area (Å²) in [7, 11) is 0. The van der Waals surface area contributed by atoms with Gasteiger partial charge in [0.15, 0.2) is 0 Å². The molecule has 0 spiro atoms. The lowest BCUT2D eigenvalue weighted by molar-refractivity contribution is 1.29. The quantitative estimate of drug-likeness (QED) is 0.608. The third-order valence-electron chi connectivity index (χ3n) is 2.35. The van der Waals surface area contributed by atoms with Crippen LogP contribution in [0.25, 0.3) is 10.9 Å². The number of aromatic amines is 1. The third-order valence-corrected chi connectivity index (χ3v) is 2.35. The predicted molar refractivity (Wildman–Crippen MR) is 52.5 cm³/mol. The van der Waals surface area contributed by atoms with E-state index in [-0.39, 0.29) is 0 Å². The Morgan fingerprint density at radius 1 is 1.00 bits per heavy atom. The molecular weight excluding hydrogens is 146 g/mol. The van der Waals surface area contributed by atoms with Crippen molar-refractivity contribution in [3.05, 3.63) is 35.0 Å². The zero-order valence-corrected chi connectivity index (χ0v) is 7.73. The molecule has 0 fully saturated rings. The van der Waals surface area contributed by atoms with Gasteiger partial charge in [-0.2, -0.15) is 0 Å². The molecule has 0 saturated heterocycles. The van der Waals surface area contributed by atoms with Crippen LogP contribution in [0.5, 0.6) is 0 Å². The van der Waals surface area contributed by atoms with Crippen LogP contribution in [0.2, 0.25) is 0 Å². The highest BCUT2D eigenvalue weighted by molar-refractivity contribution is 5.86. The van der Waals surface area contributed by atoms with Gasteiger partial charge >= 0.3 is 0 Å². The van der Waals surface area contributed by atoms with Crippen molar-refractivity contribution in [3.8, 4) is 0 Å². The van der Waals surface area contributed by atoms with Gasteiger partial charge in [0, 0.05) is 16.6 Å². The minimum absolute atomic E-state index is 1.24. The van der Waals surface area contributed by atoms with Crippen LogP contribution in [0.15, 0.2) is 18.2 Å². The summed E-state index contributed by atoms with van der Waals surface area (Å²) in [5, 5.41) is 1.35. The van der Waals surface area contributed by atoms with Crippen LogP contribution in [-0.2, 0) is 0 Å². The average molecular weight is 159 g/mol. The molecule has 2 aromatic rings. The fourth-order valence-corrected chi connectivity index (χ4v) is 1.63. The summed E-state index contributed by atoms with van der Waals surface area (Å²) in [6, 6.07) is 6.54. The van der Waals surface area contributed by atoms with Crippen molar-refractivity contribution in [3.63, 3.8) is 0 Å². The molecule has 1 aromatic heterocycles. The maximum absolute atomic E-state index is 3.37. The maximum Gasteiger partial charge on any atom is 0.0488 e. The summed E-state index contributed by atoms with van der Waals surface area (Å²) in [5.74, 6) is 0. The van der Waals surface area contributed by atoms with Gasteiger partial charge in [0.05, 0.1) is 0 Å². The normalized spacial score (nSPS) is 10.9. The number of fused-ring (bicyclic) bond motifs is 1. The highest BCUT2D eigenvalue weighted by Crippen LogP contribution is 2.21. The highest BCUT2D eigenvalue weighted by atomic mass is 14.7. The van der Waals surface area contributed by atoms with E-state index in [0.717, 1.165) is 0 Å². The van der Waals surface area contributed by atoms with Crippen LogP contribution in [0, 0.1) is 20.8 Å². The van der Waals surface area contributed by atoms with Gasteiger partial charge < -0.3 is 4.98 Å². The van der Waals surface area contributed by atoms with Crippen molar-refractivity contribution in [1.82, 2.24) is 4.98 Å². The molecule has 0 atom stereocenters. The summed E-state index contributed by atoms with van der Waals surface area (Å²) in [5.41, 5.74) is 5.19. The zero-order valence-electron chi connectivity index (χ0n) is 7.73. The Morgan fingerprint density at radius 3 is 2.33 bits per heavy atom. The number of benzene rings is 1. The fraction of sp³-hybridized carbons (Fsp3) is 0.273. The Morgan fingerprint density at radius 2 is 1.67 bits per heavy atom. The van der Waals surface area contributed by atoms with E-state index in [1.807, 2.05) is 0 Å². The Labute approximate surface area is 72.4 Å². The molecule has 62 valence electrons. The molecule has 12 heavy (non-hydrogen) atoms. The summed E-state index contributed by atoms with van der Waals surface area (Å²) in [6.45, 7) is 6.38. The lowest BCUT2D eigenvalue weighted by atomic mass is 10.1. The van der Waals surface area contributed by atoms with Gasteiger partial charge in [-0.05, 0) is 38.0 Å². The lowest BCUT2D eigenvalue weighted by Gasteiger charge is -1.98. The van der Waals surface area contributed by atoms with E-state index in [2.05, 4.69) is 44.0 Å². The minimum atomic E-state index is 1.24. The van der Waals surface area contributed by atoms with E-state index in [9.17, 15) is 0 Å². The number of rotatable bonds is 0. The van der Waals surface area contributed by atoms with Crippen molar-refractivity contribution in [2.24, 2.45) is 0 Å². The standard InChI is InChI=1S/C11H13N/c1-7-4-5-8(2)11-10(7)6-9(3)12-11/h4-6,12H,1-3H3. The summed E-state index contributed by atoms with van der Waals surface area (Å²) in [4.78, 5) is 3.37. The average Bonchev–Trinajstić information content (AvgIpc) is 2.41. The van der Waals surface area contributed by atoms with Crippen LogP contribution in [0.4, 0.5) is 0 Å². The molecule has 0 aliphatic heterocycles. The molecule has 1 heteroatoms. The first-order valence-corrected chi connectivity index (χ1v) is 4.24. The van der Waals surface area contributed by atoms with E-state index in [1.165, 1.54) is 27.7 Å². The van der Waals surface area contributed by atoms with Crippen LogP contribution < -0.4 is 0 Å². The smallest absolute Gasteiger partial charge is 0.0488 e. The zero-order chi connectivity index (χ0) is 8.72. The first-order chi connectivity index (χ1) is 5.68. The second-order valence-electron chi connectivity index (χ2n) is 3.44. The van der Waals surface area contributed by atoms with Crippen LogP contribution >= 0.6 is 0 Å². The van der Waals surface area contributed by atoms with Gasteiger partial charge in [-0.25, -0.2) is 0 Å². The second-order valence-corrected chi connectivity index (χ2v) is 3.44. The van der Waals surface area contributed by atoms with Crippen LogP contribution in [0.3, 0.4) is 0 Å². The molecule has 0 aliphatic rings. The summed E-state index contributed by atoms with van der Waals surface area (Å²) < 4.78 is 0. The largest absolute Gasteiger partial charge is 0.358 e. The van der Waals surface area contributed by atoms with E-state index in [0.29, 0.717) is 0 Å². The molecule has 1 heterocycles. The van der Waals surface area contributed by atoms with Crippen molar-refractivity contribution >= 4 is 10.9 Å². The molecule has 0 amide bonds. The molecule has 0 aliphatic carbocycles. The SMILES string of the molecule is Cc1cc2c(C)ccc(C)c2[nH]1. The van der Waals surface area contributed by atoms with Gasteiger partial charge in [0.2, 0.25) is 0 Å². The fourth-order valence-electron chi connectivity index (χ4n) is 1.63. The second kappa shape index (κ2) is 2.37. The minimum Gasteiger partial charge on any atom is -0.358 e. The Bertz CT molecular complexity index is 385. The monoisotopic (exact) mass is 159 g/mol. The van der Waals surface area contributed by atoms with E-state index in [4.69, 9.17) is 0 Å². The first-order valence-electron chi connectivity index (χ1n) is 4.24. The molecule has 2 rings (SSSR count). The molecule has 1 nitrogen and oxygen atoms in total. The van der Waals surface area contributed by atoms with E-state index >= 15 is 0 Å². The lowest BCUT2D eigenvalue weighted by Crippen LogP contribution is -1.78. The van der Waals surface area contributed by atoms with Gasteiger partial charge in [0.1, 0.15) is 0 Å². The van der Waals surface area contributed by atoms with Crippen molar-refractivity contribution < 1.29 is 0 Å². The molecule has 0 bridgehead atoms. The topological polar surface area (TPSA) is 15.8 Å². The Balaban J connectivity index is 2.93. The maximum atomic E-state index is 3.37. The Kier molecular flexibility index (Phi) is 1.47. The molecule has 1 N–H and O–H groups in total. The van der Waals surface area contributed by atoms with Crippen LogP contribution in [-0.4, -0.2) is 4.98 Å². The number of aromatic nitrogens is 1. The number of hydrogen-bond donors (Lipinski definition) is 1. The third kappa shape index (κ3) is 0.934. The molecular formula is C11H13N. The van der Waals surface area contributed by atoms with Crippen LogP contribution in [0.1, 0.15) is 16.8 Å². The van der Waals surface area contributed by atoms with Gasteiger partial charge in [0.25, 0.3) is 0 Å². The number of aryl methyl sites for hydroxylation is 3. The first kappa shape index (κ1) is 7.41. The van der Waals surface area contributed by atoms with Gasteiger partial charge in [-0.1, -0.05) is 12.1 Å². The predicted octanol–water partition coefficient (Wildman–Crippen LogP) is 3.09. The highest BCUT2D eigenvalue weighted by Gasteiger charge is 2.01. The number of hydrogen-bond acceptors (Lipinski definition) is 0. The van der Waals surface area contributed by atoms with Crippen molar-refractivity contribution in [2.75, 3.05) is 0 Å². The van der Waals surface area contributed by atoms with Crippen molar-refractivity contribution in [1.29, 1.82) is 0 Å². The summed E-state index contributed by atoms with van der Waals surface area (Å²) >= 11 is 0. The number of H-pyrrole nitrogens is 1. The van der Waals surface area contributed by atoms with E-state index < -0.39 is 0 Å². The number of nitrogens with one attached hydrogen (secondary N) is 1. The molecule has 1 aromatic carbocycles. The Hall–Kier alpha value is -1.24. The van der Waals surface area contributed by atoms with Gasteiger partial charge in [-0.3, -0.25) is 0 Å². The molecule has 0 unspecified atom stereocenters. The molecule has 0 radical (unpaired) electrons. The van der Waals surface area contributed by atoms with E-state index in [1.54, 1.807) is 0 Å². The van der Waals surface area contributed by atoms with Crippen molar-refractivity contribution in [2.45, 2.75) is 20.8 Å².